The van der Waals surface area contributed by atoms with Crippen molar-refractivity contribution in [1.29, 1.82) is 0 Å². The molecule has 4 rings (SSSR count). The van der Waals surface area contributed by atoms with E-state index in [4.69, 9.17) is 14.2 Å². The Kier molecular flexibility index (Phi) is 6.71. The van der Waals surface area contributed by atoms with Crippen LogP contribution in [0.2, 0.25) is 0 Å². The van der Waals surface area contributed by atoms with Crippen LogP contribution in [0, 0.1) is 0 Å². The lowest BCUT2D eigenvalue weighted by Gasteiger charge is -2.31. The maximum Gasteiger partial charge on any atom is 0.203 e. The summed E-state index contributed by atoms with van der Waals surface area (Å²) in [6.45, 7) is 9.66. The van der Waals surface area contributed by atoms with Gasteiger partial charge in [-0.25, -0.2) is 0 Å². The number of benzene rings is 2. The number of nitrogens with zero attached hydrogens (tertiary/aromatic N) is 2. The Morgan fingerprint density at radius 2 is 1.55 bits per heavy atom. The first-order valence-corrected chi connectivity index (χ1v) is 11.6. The molecule has 1 aromatic heterocycles. The van der Waals surface area contributed by atoms with Crippen molar-refractivity contribution < 1.29 is 14.2 Å². The molecule has 0 bridgehead atoms. The van der Waals surface area contributed by atoms with Gasteiger partial charge in [0.2, 0.25) is 5.75 Å². The van der Waals surface area contributed by atoms with Gasteiger partial charge in [-0.1, -0.05) is 45.0 Å². The Bertz CT molecular complexity index is 1050. The molecule has 176 valence electrons. The lowest BCUT2D eigenvalue weighted by molar-refractivity contribution is 0.219. The molecule has 2 aromatic carbocycles. The highest BCUT2D eigenvalue weighted by atomic mass is 16.5. The molecule has 0 fully saturated rings. The summed E-state index contributed by atoms with van der Waals surface area (Å²) in [5.74, 6) is 1.99. The van der Waals surface area contributed by atoms with Gasteiger partial charge in [0, 0.05) is 31.5 Å². The topological polar surface area (TPSA) is 35.9 Å². The molecule has 0 N–H and O–H groups in total. The molecule has 5 nitrogen and oxygen atoms in total. The van der Waals surface area contributed by atoms with Crippen LogP contribution < -0.4 is 14.2 Å². The standard InChI is InChI=1S/C28H36N2O3/c1-28(2,3)22-12-10-20(11-13-22)19-30-16-8-15-29-14-7-9-23(29)26(30)21-17-24(31-4)27(33-6)25(18-21)32-5/h7,9-14,17-18,26H,8,15-16,19H2,1-6H3. The van der Waals surface area contributed by atoms with Crippen molar-refractivity contribution in [3.8, 4) is 17.2 Å². The lowest BCUT2D eigenvalue weighted by Crippen LogP contribution is -2.29. The van der Waals surface area contributed by atoms with Gasteiger partial charge in [-0.15, -0.1) is 0 Å². The molecule has 3 aromatic rings. The van der Waals surface area contributed by atoms with Crippen molar-refractivity contribution in [3.63, 3.8) is 0 Å². The third-order valence-corrected chi connectivity index (χ3v) is 6.56. The summed E-state index contributed by atoms with van der Waals surface area (Å²) >= 11 is 0. The number of hydrogen-bond acceptors (Lipinski definition) is 4. The molecule has 0 saturated carbocycles. The minimum atomic E-state index is 0.0819. The van der Waals surface area contributed by atoms with Crippen LogP contribution in [0.1, 0.15) is 55.6 Å². The Morgan fingerprint density at radius 1 is 0.879 bits per heavy atom. The third kappa shape index (κ3) is 4.74. The van der Waals surface area contributed by atoms with Gasteiger partial charge in [0.05, 0.1) is 27.4 Å². The minimum Gasteiger partial charge on any atom is -0.493 e. The predicted molar refractivity (Wildman–Crippen MR) is 133 cm³/mol. The van der Waals surface area contributed by atoms with E-state index in [2.05, 4.69) is 85.0 Å². The molecule has 1 aliphatic rings. The average Bonchev–Trinajstić information content (AvgIpc) is 3.19. The summed E-state index contributed by atoms with van der Waals surface area (Å²) in [6.07, 6.45) is 3.28. The predicted octanol–water partition coefficient (Wildman–Crippen LogP) is 5.81. The molecule has 0 saturated heterocycles. The van der Waals surface area contributed by atoms with Gasteiger partial charge in [0.15, 0.2) is 11.5 Å². The largest absolute Gasteiger partial charge is 0.493 e. The van der Waals surface area contributed by atoms with Gasteiger partial charge in [-0.3, -0.25) is 4.90 Å². The Balaban J connectivity index is 1.76. The normalized spacial score (nSPS) is 16.7. The van der Waals surface area contributed by atoms with Crippen molar-refractivity contribution in [1.82, 2.24) is 9.47 Å². The third-order valence-electron chi connectivity index (χ3n) is 6.56. The van der Waals surface area contributed by atoms with Gasteiger partial charge < -0.3 is 18.8 Å². The zero-order valence-electron chi connectivity index (χ0n) is 20.7. The minimum absolute atomic E-state index is 0.0819. The molecule has 1 atom stereocenters. The molecule has 0 amide bonds. The molecule has 5 heteroatoms. The van der Waals surface area contributed by atoms with Crippen LogP contribution in [0.25, 0.3) is 0 Å². The fraction of sp³-hybridized carbons (Fsp3) is 0.429. The van der Waals surface area contributed by atoms with Crippen molar-refractivity contribution >= 4 is 0 Å². The Morgan fingerprint density at radius 3 is 2.12 bits per heavy atom. The van der Waals surface area contributed by atoms with Crippen molar-refractivity contribution in [2.75, 3.05) is 27.9 Å². The molecule has 0 spiro atoms. The van der Waals surface area contributed by atoms with E-state index in [1.54, 1.807) is 21.3 Å². The number of hydrogen-bond donors (Lipinski definition) is 0. The smallest absolute Gasteiger partial charge is 0.203 e. The SMILES string of the molecule is COc1cc(C2c3cccn3CCCN2Cc2ccc(C(C)(C)C)cc2)cc(OC)c1OC. The zero-order valence-corrected chi connectivity index (χ0v) is 20.7. The van der Waals surface area contributed by atoms with E-state index >= 15 is 0 Å². The van der Waals surface area contributed by atoms with Crippen molar-refractivity contribution in [2.24, 2.45) is 0 Å². The second-order valence-electron chi connectivity index (χ2n) is 9.76. The van der Waals surface area contributed by atoms with Crippen LogP contribution in [-0.2, 0) is 18.5 Å². The second-order valence-corrected chi connectivity index (χ2v) is 9.76. The first kappa shape index (κ1) is 23.2. The number of ether oxygens (including phenoxy) is 3. The first-order valence-electron chi connectivity index (χ1n) is 11.6. The van der Waals surface area contributed by atoms with Crippen LogP contribution in [0.4, 0.5) is 0 Å². The van der Waals surface area contributed by atoms with Crippen molar-refractivity contribution in [2.45, 2.75) is 51.7 Å². The fourth-order valence-corrected chi connectivity index (χ4v) is 4.80. The van der Waals surface area contributed by atoms with Gasteiger partial charge in [-0.05, 0) is 52.8 Å². The summed E-state index contributed by atoms with van der Waals surface area (Å²) in [6, 6.07) is 17.7. The molecule has 0 aliphatic carbocycles. The quantitative estimate of drug-likeness (QED) is 0.477. The van der Waals surface area contributed by atoms with E-state index in [0.717, 1.165) is 31.6 Å². The van der Waals surface area contributed by atoms with Gasteiger partial charge >= 0.3 is 0 Å². The molecular weight excluding hydrogens is 412 g/mol. The summed E-state index contributed by atoms with van der Waals surface area (Å²) < 4.78 is 19.3. The summed E-state index contributed by atoms with van der Waals surface area (Å²) in [5, 5.41) is 0. The van der Waals surface area contributed by atoms with Gasteiger partial charge in [-0.2, -0.15) is 0 Å². The maximum absolute atomic E-state index is 5.68. The number of aromatic nitrogens is 1. The van der Waals surface area contributed by atoms with Gasteiger partial charge in [0.25, 0.3) is 0 Å². The van der Waals surface area contributed by atoms with Crippen LogP contribution in [0.15, 0.2) is 54.7 Å². The summed E-state index contributed by atoms with van der Waals surface area (Å²) in [5.41, 5.74) is 5.25. The Hall–Kier alpha value is -2.92. The lowest BCUT2D eigenvalue weighted by atomic mass is 9.86. The van der Waals surface area contributed by atoms with E-state index in [0.29, 0.717) is 17.2 Å². The Labute approximate surface area is 197 Å². The highest BCUT2D eigenvalue weighted by Gasteiger charge is 2.29. The second kappa shape index (κ2) is 9.52. The number of aryl methyl sites for hydroxylation is 1. The van der Waals surface area contributed by atoms with E-state index < -0.39 is 0 Å². The van der Waals surface area contributed by atoms with E-state index in [9.17, 15) is 0 Å². The average molecular weight is 449 g/mol. The molecule has 2 heterocycles. The number of fused-ring (bicyclic) bond motifs is 1. The molecule has 0 radical (unpaired) electrons. The van der Waals surface area contributed by atoms with Crippen molar-refractivity contribution in [3.05, 3.63) is 77.1 Å². The van der Waals surface area contributed by atoms with Crippen LogP contribution >= 0.6 is 0 Å². The molecule has 33 heavy (non-hydrogen) atoms. The van der Waals surface area contributed by atoms with E-state index in [-0.39, 0.29) is 11.5 Å². The van der Waals surface area contributed by atoms with Crippen LogP contribution in [0.3, 0.4) is 0 Å². The zero-order chi connectivity index (χ0) is 23.6. The molecular formula is C28H36N2O3. The molecule has 1 unspecified atom stereocenters. The van der Waals surface area contributed by atoms with Crippen LogP contribution in [0.5, 0.6) is 17.2 Å². The highest BCUT2D eigenvalue weighted by Crippen LogP contribution is 2.43. The number of methoxy groups -OCH3 is 3. The first-order chi connectivity index (χ1) is 15.9. The highest BCUT2D eigenvalue weighted by molar-refractivity contribution is 5.55. The summed E-state index contributed by atoms with van der Waals surface area (Å²) in [7, 11) is 4.99. The maximum atomic E-state index is 5.68. The molecule has 1 aliphatic heterocycles. The van der Waals surface area contributed by atoms with Gasteiger partial charge in [0.1, 0.15) is 0 Å². The van der Waals surface area contributed by atoms with E-state index in [1.807, 2.05) is 0 Å². The van der Waals surface area contributed by atoms with E-state index in [1.165, 1.54) is 16.8 Å². The van der Waals surface area contributed by atoms with Crippen LogP contribution in [-0.4, -0.2) is 37.3 Å². The number of rotatable bonds is 6. The summed E-state index contributed by atoms with van der Waals surface area (Å²) in [4.78, 5) is 2.56. The fourth-order valence-electron chi connectivity index (χ4n) is 4.80. The monoisotopic (exact) mass is 448 g/mol.